The van der Waals surface area contributed by atoms with Crippen LogP contribution >= 0.6 is 0 Å². The first kappa shape index (κ1) is 11.7. The van der Waals surface area contributed by atoms with Crippen molar-refractivity contribution in [3.63, 3.8) is 0 Å². The second-order valence-corrected chi connectivity index (χ2v) is 4.23. The molecule has 0 fully saturated rings. The van der Waals surface area contributed by atoms with Crippen molar-refractivity contribution in [3.05, 3.63) is 28.7 Å². The molecule has 0 radical (unpaired) electrons. The van der Waals surface area contributed by atoms with E-state index in [1.165, 1.54) is 0 Å². The monoisotopic (exact) mass is 234 g/mol. The van der Waals surface area contributed by atoms with E-state index in [-0.39, 0.29) is 5.69 Å². The topological polar surface area (TPSA) is 86.7 Å². The number of aromatic amines is 2. The molecule has 2 rings (SSSR count). The zero-order chi connectivity index (χ0) is 12.3. The molecule has 1 aromatic carbocycles. The van der Waals surface area contributed by atoms with E-state index in [0.717, 1.165) is 29.7 Å². The van der Waals surface area contributed by atoms with Crippen LogP contribution in [0, 0.1) is 5.92 Å². The average Bonchev–Trinajstić information content (AvgIpc) is 2.69. The van der Waals surface area contributed by atoms with E-state index < -0.39 is 0 Å². The number of nitrogens with one attached hydrogen (secondary N) is 3. The van der Waals surface area contributed by atoms with Gasteiger partial charge in [0.25, 0.3) is 0 Å². The lowest BCUT2D eigenvalue weighted by molar-refractivity contribution is 0.548. The molecule has 0 spiro atoms. The number of rotatable bonds is 5. The maximum atomic E-state index is 11.1. The van der Waals surface area contributed by atoms with Gasteiger partial charge in [-0.2, -0.15) is 0 Å². The van der Waals surface area contributed by atoms with Gasteiger partial charge in [-0.25, -0.2) is 4.79 Å². The predicted octanol–water partition coefficient (Wildman–Crippen LogP) is 1.25. The lowest BCUT2D eigenvalue weighted by Crippen LogP contribution is -2.21. The molecule has 0 saturated carbocycles. The molecule has 5 N–H and O–H groups in total. The maximum Gasteiger partial charge on any atom is 0.323 e. The number of benzene rings is 1. The summed E-state index contributed by atoms with van der Waals surface area (Å²) in [6.07, 6.45) is 1.06. The molecule has 1 unspecified atom stereocenters. The van der Waals surface area contributed by atoms with Crippen LogP contribution in [0.15, 0.2) is 23.0 Å². The van der Waals surface area contributed by atoms with Crippen LogP contribution < -0.4 is 16.7 Å². The van der Waals surface area contributed by atoms with Gasteiger partial charge in [0.15, 0.2) is 0 Å². The minimum Gasteiger partial charge on any atom is -0.385 e. The molecule has 2 aromatic rings. The summed E-state index contributed by atoms with van der Waals surface area (Å²) in [5.74, 6) is 0.482. The SMILES string of the molecule is CCC(CN)CNc1ccc2[nH]c(=O)[nH]c2c1. The van der Waals surface area contributed by atoms with Crippen LogP contribution in [-0.2, 0) is 0 Å². The summed E-state index contributed by atoms with van der Waals surface area (Å²) < 4.78 is 0. The molecule has 0 aliphatic carbocycles. The zero-order valence-electron chi connectivity index (χ0n) is 9.92. The molecule has 1 heterocycles. The first-order valence-corrected chi connectivity index (χ1v) is 5.89. The largest absolute Gasteiger partial charge is 0.385 e. The molecule has 0 aliphatic rings. The van der Waals surface area contributed by atoms with Gasteiger partial charge >= 0.3 is 5.69 Å². The van der Waals surface area contributed by atoms with Crippen molar-refractivity contribution in [3.8, 4) is 0 Å². The Labute approximate surface area is 99.4 Å². The van der Waals surface area contributed by atoms with Crippen LogP contribution in [0.4, 0.5) is 5.69 Å². The van der Waals surface area contributed by atoms with Crippen LogP contribution in [0.1, 0.15) is 13.3 Å². The van der Waals surface area contributed by atoms with E-state index in [1.807, 2.05) is 18.2 Å². The van der Waals surface area contributed by atoms with Gasteiger partial charge in [-0.3, -0.25) is 0 Å². The first-order valence-electron chi connectivity index (χ1n) is 5.89. The van der Waals surface area contributed by atoms with Crippen LogP contribution in [-0.4, -0.2) is 23.1 Å². The molecule has 0 amide bonds. The Bertz CT molecular complexity index is 539. The molecule has 0 saturated heterocycles. The third-order valence-corrected chi connectivity index (χ3v) is 3.02. The van der Waals surface area contributed by atoms with E-state index in [0.29, 0.717) is 12.5 Å². The Hall–Kier alpha value is -1.75. The second-order valence-electron chi connectivity index (χ2n) is 4.23. The molecule has 92 valence electrons. The second kappa shape index (κ2) is 5.05. The van der Waals surface area contributed by atoms with Crippen LogP contribution in [0.25, 0.3) is 11.0 Å². The zero-order valence-corrected chi connectivity index (χ0v) is 9.92. The molecule has 5 heteroatoms. The van der Waals surface area contributed by atoms with Gasteiger partial charge in [-0.15, -0.1) is 0 Å². The lowest BCUT2D eigenvalue weighted by atomic mass is 10.1. The summed E-state index contributed by atoms with van der Waals surface area (Å²) in [6, 6.07) is 5.77. The number of aromatic nitrogens is 2. The molecule has 17 heavy (non-hydrogen) atoms. The van der Waals surface area contributed by atoms with Gasteiger partial charge in [0.05, 0.1) is 11.0 Å². The van der Waals surface area contributed by atoms with E-state index in [9.17, 15) is 4.79 Å². The molecular formula is C12H18N4O. The number of nitrogens with two attached hydrogens (primary N) is 1. The van der Waals surface area contributed by atoms with E-state index in [2.05, 4.69) is 22.2 Å². The van der Waals surface area contributed by atoms with E-state index in [1.54, 1.807) is 0 Å². The third kappa shape index (κ3) is 2.68. The van der Waals surface area contributed by atoms with E-state index in [4.69, 9.17) is 5.73 Å². The number of H-pyrrole nitrogens is 2. The van der Waals surface area contributed by atoms with Gasteiger partial charge in [0.2, 0.25) is 0 Å². The van der Waals surface area contributed by atoms with Gasteiger partial charge < -0.3 is 21.0 Å². The summed E-state index contributed by atoms with van der Waals surface area (Å²) >= 11 is 0. The van der Waals surface area contributed by atoms with Crippen LogP contribution in [0.2, 0.25) is 0 Å². The highest BCUT2D eigenvalue weighted by Gasteiger charge is 2.04. The minimum absolute atomic E-state index is 0.175. The normalized spacial score (nSPS) is 12.8. The highest BCUT2D eigenvalue weighted by atomic mass is 16.1. The van der Waals surface area contributed by atoms with Crippen molar-refractivity contribution in [2.75, 3.05) is 18.4 Å². The number of fused-ring (bicyclic) bond motifs is 1. The van der Waals surface area contributed by atoms with Crippen LogP contribution in [0.5, 0.6) is 0 Å². The molecule has 1 atom stereocenters. The van der Waals surface area contributed by atoms with Crippen molar-refractivity contribution < 1.29 is 0 Å². The van der Waals surface area contributed by atoms with Crippen molar-refractivity contribution in [2.45, 2.75) is 13.3 Å². The molecule has 0 bridgehead atoms. The van der Waals surface area contributed by atoms with E-state index >= 15 is 0 Å². The summed E-state index contributed by atoms with van der Waals surface area (Å²) in [6.45, 7) is 3.67. The highest BCUT2D eigenvalue weighted by Crippen LogP contribution is 2.15. The summed E-state index contributed by atoms with van der Waals surface area (Å²) in [5, 5.41) is 3.33. The Balaban J connectivity index is 2.11. The average molecular weight is 234 g/mol. The summed E-state index contributed by atoms with van der Waals surface area (Å²) in [7, 11) is 0. The fourth-order valence-electron chi connectivity index (χ4n) is 1.80. The molecular weight excluding hydrogens is 216 g/mol. The fraction of sp³-hybridized carbons (Fsp3) is 0.417. The highest BCUT2D eigenvalue weighted by molar-refractivity contribution is 5.78. The minimum atomic E-state index is -0.175. The lowest BCUT2D eigenvalue weighted by Gasteiger charge is -2.14. The number of anilines is 1. The van der Waals surface area contributed by atoms with Crippen molar-refractivity contribution in [1.29, 1.82) is 0 Å². The summed E-state index contributed by atoms with van der Waals surface area (Å²) in [5.41, 5.74) is 8.12. The van der Waals surface area contributed by atoms with Crippen molar-refractivity contribution in [1.82, 2.24) is 9.97 Å². The van der Waals surface area contributed by atoms with Gasteiger partial charge in [-0.05, 0) is 30.7 Å². The molecule has 0 aliphatic heterocycles. The maximum absolute atomic E-state index is 11.1. The Morgan fingerprint density at radius 1 is 1.35 bits per heavy atom. The fourth-order valence-corrected chi connectivity index (χ4v) is 1.80. The Morgan fingerprint density at radius 2 is 2.12 bits per heavy atom. The smallest absolute Gasteiger partial charge is 0.323 e. The summed E-state index contributed by atoms with van der Waals surface area (Å²) in [4.78, 5) is 16.6. The number of hydrogen-bond acceptors (Lipinski definition) is 3. The third-order valence-electron chi connectivity index (χ3n) is 3.02. The quantitative estimate of drug-likeness (QED) is 0.628. The predicted molar refractivity (Wildman–Crippen MR) is 70.2 cm³/mol. The molecule has 1 aromatic heterocycles. The molecule has 5 nitrogen and oxygen atoms in total. The number of imidazole rings is 1. The standard InChI is InChI=1S/C12H18N4O/c1-2-8(6-13)7-14-9-3-4-10-11(5-9)16-12(17)15-10/h3-5,8,14H,2,6-7,13H2,1H3,(H2,15,16,17). The van der Waals surface area contributed by atoms with Crippen LogP contribution in [0.3, 0.4) is 0 Å². The van der Waals surface area contributed by atoms with Crippen molar-refractivity contribution >= 4 is 16.7 Å². The Morgan fingerprint density at radius 3 is 2.82 bits per heavy atom. The van der Waals surface area contributed by atoms with Gasteiger partial charge in [-0.1, -0.05) is 13.3 Å². The van der Waals surface area contributed by atoms with Gasteiger partial charge in [0, 0.05) is 12.2 Å². The first-order chi connectivity index (χ1) is 8.22. The number of hydrogen-bond donors (Lipinski definition) is 4. The van der Waals surface area contributed by atoms with Gasteiger partial charge in [0.1, 0.15) is 0 Å². The van der Waals surface area contributed by atoms with Crippen molar-refractivity contribution in [2.24, 2.45) is 11.7 Å². The Kier molecular flexibility index (Phi) is 3.49.